The predicted octanol–water partition coefficient (Wildman–Crippen LogP) is 0.385. The molecule has 0 bridgehead atoms. The van der Waals surface area contributed by atoms with Crippen LogP contribution in [0.3, 0.4) is 0 Å². The minimum atomic E-state index is -0.107. The molecule has 33 heavy (non-hydrogen) atoms. The summed E-state index contributed by atoms with van der Waals surface area (Å²) in [5, 5.41) is 39.1. The van der Waals surface area contributed by atoms with Crippen molar-refractivity contribution in [3.63, 3.8) is 0 Å². The average molecular weight is 497 g/mol. The van der Waals surface area contributed by atoms with Crippen molar-refractivity contribution in [1.29, 1.82) is 0 Å². The zero-order chi connectivity index (χ0) is 25.0. The molecule has 0 N–H and O–H groups in total. The Bertz CT molecular complexity index is 187. The van der Waals surface area contributed by atoms with Crippen molar-refractivity contribution < 1.29 is 40.8 Å². The average Bonchev–Trinajstić information content (AvgIpc) is 2.82. The summed E-state index contributed by atoms with van der Waals surface area (Å²) in [6.07, 6.45) is 8.83. The zero-order valence-electron chi connectivity index (χ0n) is 23.0. The van der Waals surface area contributed by atoms with Gasteiger partial charge in [0.25, 0.3) is 0 Å². The summed E-state index contributed by atoms with van der Waals surface area (Å²) in [7, 11) is 0. The third-order valence-corrected chi connectivity index (χ3v) is 3.48. The minimum Gasteiger partial charge on any atom is -0.853 e. The van der Waals surface area contributed by atoms with Crippen LogP contribution < -0.4 is 20.4 Å². The maximum atomic E-state index is 9.77. The Morgan fingerprint density at radius 1 is 0.394 bits per heavy atom. The van der Waals surface area contributed by atoms with Gasteiger partial charge in [-0.05, 0) is 25.7 Å². The standard InChI is InChI=1S/4C6H13O2.Al/c4*1-2-3-5-8-6-4-7;/h4*2-6H2,1H3;/q4*-1;+3/p+1. The molecule has 0 aromatic rings. The van der Waals surface area contributed by atoms with Crippen LogP contribution in [0.15, 0.2) is 0 Å². The number of hydrogen-bond acceptors (Lipinski definition) is 8. The van der Waals surface area contributed by atoms with Crippen LogP contribution in [0.2, 0.25) is 0 Å². The fourth-order valence-corrected chi connectivity index (χ4v) is 1.63. The van der Waals surface area contributed by atoms with Gasteiger partial charge in [-0.3, -0.25) is 0 Å². The van der Waals surface area contributed by atoms with E-state index in [0.29, 0.717) is 26.4 Å². The molecule has 0 aromatic heterocycles. The quantitative estimate of drug-likeness (QED) is 0.175. The smallest absolute Gasteiger partial charge is 0.853 e. The molecule has 0 spiro atoms. The SMILES string of the molecule is CCCCOCC[O-].CCCCOCC[O-].CCCCOCC[O-].CCCCOCC[O-].[Al+3].[H+]. The summed E-state index contributed by atoms with van der Waals surface area (Å²) >= 11 is 0. The Hall–Kier alpha value is 0.212. The summed E-state index contributed by atoms with van der Waals surface area (Å²) in [4.78, 5) is 0. The van der Waals surface area contributed by atoms with E-state index in [2.05, 4.69) is 27.7 Å². The molecule has 0 fully saturated rings. The van der Waals surface area contributed by atoms with Gasteiger partial charge in [0.2, 0.25) is 0 Å². The molecular weight excluding hydrogens is 443 g/mol. The number of rotatable bonds is 20. The fraction of sp³-hybridized carbons (Fsp3) is 1.00. The Balaban J connectivity index is -0.0000000754. The van der Waals surface area contributed by atoms with Crippen LogP contribution in [0, 0.1) is 0 Å². The molecule has 0 amide bonds. The van der Waals surface area contributed by atoms with E-state index in [0.717, 1.165) is 77.8 Å². The van der Waals surface area contributed by atoms with Crippen molar-refractivity contribution in [2.75, 3.05) is 79.3 Å². The van der Waals surface area contributed by atoms with Crippen molar-refractivity contribution in [1.82, 2.24) is 0 Å². The van der Waals surface area contributed by atoms with Crippen LogP contribution in [0.25, 0.3) is 0 Å². The Kier molecular flexibility index (Phi) is 70.2. The maximum Gasteiger partial charge on any atom is 3.00 e. The van der Waals surface area contributed by atoms with Gasteiger partial charge in [0.1, 0.15) is 0 Å². The van der Waals surface area contributed by atoms with Crippen LogP contribution in [0.1, 0.15) is 80.5 Å². The molecule has 0 aliphatic carbocycles. The van der Waals surface area contributed by atoms with E-state index >= 15 is 0 Å². The second-order valence-corrected chi connectivity index (χ2v) is 6.68. The van der Waals surface area contributed by atoms with Crippen LogP contribution >= 0.6 is 0 Å². The second-order valence-electron chi connectivity index (χ2n) is 6.68. The molecule has 0 aliphatic heterocycles. The third-order valence-electron chi connectivity index (χ3n) is 3.48. The van der Waals surface area contributed by atoms with E-state index in [-0.39, 0.29) is 45.2 Å². The minimum absolute atomic E-state index is 0. The van der Waals surface area contributed by atoms with E-state index in [1.807, 2.05) is 0 Å². The second kappa shape index (κ2) is 53.5. The molecule has 0 unspecified atom stereocenters. The van der Waals surface area contributed by atoms with Gasteiger partial charge < -0.3 is 39.4 Å². The van der Waals surface area contributed by atoms with Gasteiger partial charge in [-0.15, -0.1) is 26.4 Å². The normalized spacial score (nSPS) is 9.45. The van der Waals surface area contributed by atoms with Gasteiger partial charge in [-0.2, -0.15) is 0 Å². The van der Waals surface area contributed by atoms with E-state index in [9.17, 15) is 20.4 Å². The molecule has 0 aliphatic rings. The number of unbranched alkanes of at least 4 members (excludes halogenated alkanes) is 4. The summed E-state index contributed by atoms with van der Waals surface area (Å²) in [5.41, 5.74) is 0. The van der Waals surface area contributed by atoms with Crippen molar-refractivity contribution in [2.24, 2.45) is 0 Å². The summed E-state index contributed by atoms with van der Waals surface area (Å²) < 4.78 is 19.6. The van der Waals surface area contributed by atoms with Gasteiger partial charge in [-0.25, -0.2) is 0 Å². The van der Waals surface area contributed by atoms with Gasteiger partial charge in [0.15, 0.2) is 0 Å². The molecule has 0 saturated heterocycles. The van der Waals surface area contributed by atoms with Crippen molar-refractivity contribution in [2.45, 2.75) is 79.1 Å². The first kappa shape index (κ1) is 43.3. The van der Waals surface area contributed by atoms with E-state index in [1.165, 1.54) is 0 Å². The first-order valence-corrected chi connectivity index (χ1v) is 12.3. The van der Waals surface area contributed by atoms with Crippen LogP contribution in [0.5, 0.6) is 0 Å². The summed E-state index contributed by atoms with van der Waals surface area (Å²) in [6, 6.07) is 0. The zero-order valence-corrected chi connectivity index (χ0v) is 23.1. The molecule has 9 heteroatoms. The van der Waals surface area contributed by atoms with E-state index < -0.39 is 0 Å². The van der Waals surface area contributed by atoms with Crippen molar-refractivity contribution >= 4 is 17.4 Å². The number of hydrogen-bond donors (Lipinski definition) is 0. The Morgan fingerprint density at radius 3 is 0.697 bits per heavy atom. The molecular formula is C24H53AlO8. The van der Waals surface area contributed by atoms with Crippen LogP contribution in [0.4, 0.5) is 0 Å². The van der Waals surface area contributed by atoms with Crippen LogP contribution in [-0.4, -0.2) is 96.6 Å². The maximum absolute atomic E-state index is 9.77. The van der Waals surface area contributed by atoms with Crippen molar-refractivity contribution in [3.05, 3.63) is 0 Å². The summed E-state index contributed by atoms with van der Waals surface area (Å²) in [6.45, 7) is 12.5. The molecule has 0 rings (SSSR count). The molecule has 0 saturated carbocycles. The first-order chi connectivity index (χ1) is 15.7. The topological polar surface area (TPSA) is 129 Å². The molecule has 0 radical (unpaired) electrons. The Labute approximate surface area is 216 Å². The molecule has 0 aromatic carbocycles. The van der Waals surface area contributed by atoms with Gasteiger partial charge >= 0.3 is 18.8 Å². The largest absolute Gasteiger partial charge is 3.00 e. The van der Waals surface area contributed by atoms with Gasteiger partial charge in [0.05, 0.1) is 0 Å². The molecule has 200 valence electrons. The van der Waals surface area contributed by atoms with Crippen LogP contribution in [-0.2, 0) is 18.9 Å². The monoisotopic (exact) mass is 496 g/mol. The van der Waals surface area contributed by atoms with Gasteiger partial charge in [0, 0.05) is 52.9 Å². The molecule has 0 atom stereocenters. The fourth-order valence-electron chi connectivity index (χ4n) is 1.63. The third kappa shape index (κ3) is 72.0. The Morgan fingerprint density at radius 2 is 0.576 bits per heavy atom. The molecule has 0 heterocycles. The van der Waals surface area contributed by atoms with E-state index in [4.69, 9.17) is 18.9 Å². The number of ether oxygens (including phenoxy) is 4. The predicted molar refractivity (Wildman–Crippen MR) is 129 cm³/mol. The first-order valence-electron chi connectivity index (χ1n) is 12.3. The molecule has 8 nitrogen and oxygen atoms in total. The van der Waals surface area contributed by atoms with Crippen molar-refractivity contribution in [3.8, 4) is 0 Å². The van der Waals surface area contributed by atoms with Gasteiger partial charge in [-0.1, -0.05) is 53.4 Å². The summed E-state index contributed by atoms with van der Waals surface area (Å²) in [5.74, 6) is 0. The van der Waals surface area contributed by atoms with E-state index in [1.54, 1.807) is 0 Å².